The first-order chi connectivity index (χ1) is 9.45. The fraction of sp³-hybridized carbons (Fsp3) is 0.400. The Kier molecular flexibility index (Phi) is 5.28. The highest BCUT2D eigenvalue weighted by atomic mass is 127. The maximum Gasteiger partial charge on any atom is 0.574 e. The van der Waals surface area contributed by atoms with E-state index in [1.54, 1.807) is 0 Å². The Morgan fingerprint density at radius 1 is 1.29 bits per heavy atom. The van der Waals surface area contributed by atoms with Crippen molar-refractivity contribution in [1.29, 1.82) is 0 Å². The molecule has 11 heteroatoms. The number of hydrogen-bond acceptors (Lipinski definition) is 4. The second kappa shape index (κ2) is 6.23. The summed E-state index contributed by atoms with van der Waals surface area (Å²) in [7, 11) is 0. The molecule has 0 amide bonds. The number of halogens is 7. The van der Waals surface area contributed by atoms with Crippen molar-refractivity contribution in [3.63, 3.8) is 0 Å². The van der Waals surface area contributed by atoms with Crippen molar-refractivity contribution in [3.05, 3.63) is 20.9 Å². The maximum atomic E-state index is 12.9. The lowest BCUT2D eigenvalue weighted by molar-refractivity contribution is -0.276. The van der Waals surface area contributed by atoms with Gasteiger partial charge in [-0.05, 0) is 35.6 Å². The number of nitrogens with zero attached hydrogens (tertiary/aromatic N) is 1. The van der Waals surface area contributed by atoms with Crippen molar-refractivity contribution in [2.24, 2.45) is 0 Å². The minimum atomic E-state index is -5.30. The van der Waals surface area contributed by atoms with E-state index in [9.17, 15) is 31.1 Å². The van der Waals surface area contributed by atoms with Gasteiger partial charge in [0.05, 0.1) is 12.2 Å². The largest absolute Gasteiger partial charge is 0.574 e. The lowest BCUT2D eigenvalue weighted by Crippen LogP contribution is -2.24. The normalized spacial score (nSPS) is 12.2. The van der Waals surface area contributed by atoms with Crippen LogP contribution in [0.4, 0.5) is 26.3 Å². The summed E-state index contributed by atoms with van der Waals surface area (Å²) < 4.78 is 82.6. The van der Waals surface area contributed by atoms with Gasteiger partial charge < -0.3 is 9.47 Å². The molecule has 0 radical (unpaired) electrons. The van der Waals surface area contributed by atoms with Crippen LogP contribution in [0.1, 0.15) is 22.8 Å². The van der Waals surface area contributed by atoms with Crippen LogP contribution in [0.15, 0.2) is 6.07 Å². The highest BCUT2D eigenvalue weighted by Crippen LogP contribution is 2.38. The minimum absolute atomic E-state index is 0.326. The van der Waals surface area contributed by atoms with Crippen molar-refractivity contribution < 1.29 is 40.6 Å². The Bertz CT molecular complexity index is 543. The van der Waals surface area contributed by atoms with Crippen molar-refractivity contribution in [2.45, 2.75) is 19.5 Å². The third kappa shape index (κ3) is 4.89. The van der Waals surface area contributed by atoms with Crippen LogP contribution in [0.3, 0.4) is 0 Å². The van der Waals surface area contributed by atoms with Gasteiger partial charge in [-0.2, -0.15) is 13.2 Å². The van der Waals surface area contributed by atoms with Gasteiger partial charge in [-0.1, -0.05) is 0 Å². The van der Waals surface area contributed by atoms with Gasteiger partial charge in [0.2, 0.25) is 5.88 Å². The lowest BCUT2D eigenvalue weighted by Gasteiger charge is -2.16. The van der Waals surface area contributed by atoms with Gasteiger partial charge >= 0.3 is 18.5 Å². The topological polar surface area (TPSA) is 48.4 Å². The number of ether oxygens (including phenoxy) is 2. The molecular formula is C10H6F6INO3. The summed E-state index contributed by atoms with van der Waals surface area (Å²) in [5.74, 6) is -3.10. The van der Waals surface area contributed by atoms with Gasteiger partial charge in [0.25, 0.3) is 0 Å². The van der Waals surface area contributed by atoms with Crippen LogP contribution in [-0.2, 0) is 10.9 Å². The van der Waals surface area contributed by atoms with E-state index in [-0.39, 0.29) is 6.61 Å². The van der Waals surface area contributed by atoms with Crippen molar-refractivity contribution in [3.8, 4) is 5.88 Å². The van der Waals surface area contributed by atoms with Crippen molar-refractivity contribution in [1.82, 2.24) is 4.98 Å². The molecule has 1 aromatic heterocycles. The molecule has 0 saturated carbocycles. The zero-order valence-corrected chi connectivity index (χ0v) is 12.3. The molecule has 0 aliphatic carbocycles. The summed E-state index contributed by atoms with van der Waals surface area (Å²) in [6, 6.07) is 0.427. The molecule has 0 aliphatic heterocycles. The summed E-state index contributed by atoms with van der Waals surface area (Å²) in [5.41, 5.74) is -3.03. The van der Waals surface area contributed by atoms with Crippen LogP contribution in [0, 0.1) is 3.70 Å². The molecule has 0 spiro atoms. The van der Waals surface area contributed by atoms with Crippen LogP contribution in [-0.4, -0.2) is 23.9 Å². The first-order valence-corrected chi connectivity index (χ1v) is 6.24. The molecule has 0 atom stereocenters. The third-order valence-electron chi connectivity index (χ3n) is 1.95. The zero-order chi connectivity index (χ0) is 16.4. The van der Waals surface area contributed by atoms with Gasteiger partial charge in [-0.3, -0.25) is 0 Å². The number of alkyl halides is 6. The summed E-state index contributed by atoms with van der Waals surface area (Å²) in [6.07, 6.45) is -10.4. The Labute approximate surface area is 127 Å². The molecule has 118 valence electrons. The minimum Gasteiger partial charge on any atom is -0.462 e. The first-order valence-electron chi connectivity index (χ1n) is 5.16. The van der Waals surface area contributed by atoms with Crippen LogP contribution in [0.25, 0.3) is 0 Å². The molecule has 0 aliphatic rings. The second-order valence-corrected chi connectivity index (χ2v) is 4.54. The standard InChI is InChI=1S/C10H6F6INO3/c1-2-20-8(19)6-4(9(11,12)13)3-5(17)18-7(6)21-10(14,15)16/h3H,2H2,1H3. The molecule has 1 aromatic rings. The average molecular weight is 429 g/mol. The number of carbonyl (C=O) groups is 1. The average Bonchev–Trinajstić information content (AvgIpc) is 2.24. The fourth-order valence-electron chi connectivity index (χ4n) is 1.30. The molecule has 0 aromatic carbocycles. The molecule has 0 fully saturated rings. The number of esters is 1. The molecule has 0 bridgehead atoms. The van der Waals surface area contributed by atoms with E-state index >= 15 is 0 Å². The number of carbonyl (C=O) groups excluding carboxylic acids is 1. The van der Waals surface area contributed by atoms with Gasteiger partial charge in [-0.15, -0.1) is 13.2 Å². The summed E-state index contributed by atoms with van der Waals surface area (Å²) in [5, 5.41) is 0. The molecule has 0 saturated heterocycles. The predicted octanol–water partition coefficient (Wildman–Crippen LogP) is 3.78. The van der Waals surface area contributed by atoms with E-state index in [0.29, 0.717) is 6.07 Å². The SMILES string of the molecule is CCOC(=O)c1c(C(F)(F)F)cc(I)nc1OC(F)(F)F. The van der Waals surface area contributed by atoms with E-state index in [1.165, 1.54) is 29.5 Å². The Morgan fingerprint density at radius 2 is 1.86 bits per heavy atom. The summed E-state index contributed by atoms with van der Waals surface area (Å²) in [4.78, 5) is 14.7. The van der Waals surface area contributed by atoms with Gasteiger partial charge in [0.15, 0.2) is 0 Å². The van der Waals surface area contributed by atoms with Gasteiger partial charge in [0.1, 0.15) is 9.26 Å². The van der Waals surface area contributed by atoms with Crippen molar-refractivity contribution >= 4 is 28.6 Å². The van der Waals surface area contributed by atoms with Crippen molar-refractivity contribution in [2.75, 3.05) is 6.61 Å². The van der Waals surface area contributed by atoms with Crippen LogP contribution in [0.5, 0.6) is 5.88 Å². The number of rotatable bonds is 3. The number of hydrogen-bond donors (Lipinski definition) is 0. The smallest absolute Gasteiger partial charge is 0.462 e. The Hall–Kier alpha value is -1.27. The molecule has 0 N–H and O–H groups in total. The van der Waals surface area contributed by atoms with E-state index in [2.05, 4.69) is 14.5 Å². The van der Waals surface area contributed by atoms with E-state index in [4.69, 9.17) is 0 Å². The lowest BCUT2D eigenvalue weighted by atomic mass is 10.1. The summed E-state index contributed by atoms with van der Waals surface area (Å²) >= 11 is 1.27. The Balaban J connectivity index is 3.54. The molecule has 1 heterocycles. The third-order valence-corrected chi connectivity index (χ3v) is 2.50. The summed E-state index contributed by atoms with van der Waals surface area (Å²) in [6.45, 7) is 0.961. The maximum absolute atomic E-state index is 12.9. The van der Waals surface area contributed by atoms with Crippen LogP contribution in [0.2, 0.25) is 0 Å². The van der Waals surface area contributed by atoms with Crippen LogP contribution >= 0.6 is 22.6 Å². The molecular weight excluding hydrogens is 423 g/mol. The van der Waals surface area contributed by atoms with Gasteiger partial charge in [-0.25, -0.2) is 9.78 Å². The van der Waals surface area contributed by atoms with Crippen LogP contribution < -0.4 is 4.74 Å². The Morgan fingerprint density at radius 3 is 2.29 bits per heavy atom. The zero-order valence-electron chi connectivity index (χ0n) is 10.1. The monoisotopic (exact) mass is 429 g/mol. The first kappa shape index (κ1) is 17.8. The molecule has 21 heavy (non-hydrogen) atoms. The highest BCUT2D eigenvalue weighted by Gasteiger charge is 2.42. The van der Waals surface area contributed by atoms with E-state index < -0.39 is 39.2 Å². The van der Waals surface area contributed by atoms with Gasteiger partial charge in [0, 0.05) is 0 Å². The van der Waals surface area contributed by atoms with E-state index in [1.807, 2.05) is 0 Å². The van der Waals surface area contributed by atoms with E-state index in [0.717, 1.165) is 0 Å². The number of pyridine rings is 1. The second-order valence-electron chi connectivity index (χ2n) is 3.44. The molecule has 4 nitrogen and oxygen atoms in total. The highest BCUT2D eigenvalue weighted by molar-refractivity contribution is 14.1. The predicted molar refractivity (Wildman–Crippen MR) is 64.6 cm³/mol. The molecule has 0 unspecified atom stereocenters. The quantitative estimate of drug-likeness (QED) is 0.318. The molecule has 1 rings (SSSR count). The fourth-order valence-corrected chi connectivity index (χ4v) is 1.83. The number of aromatic nitrogens is 1.